The molecule has 0 saturated carbocycles. The second kappa shape index (κ2) is 4.71. The zero-order valence-electron chi connectivity index (χ0n) is 12.0. The molecule has 2 aromatic rings. The van der Waals surface area contributed by atoms with Crippen LogP contribution in [0.25, 0.3) is 0 Å². The van der Waals surface area contributed by atoms with E-state index >= 15 is 0 Å². The molecule has 2 N–H and O–H groups in total. The predicted molar refractivity (Wildman–Crippen MR) is 73.3 cm³/mol. The lowest BCUT2D eigenvalue weighted by Crippen LogP contribution is -2.38. The molecule has 0 bridgehead atoms. The van der Waals surface area contributed by atoms with E-state index < -0.39 is 5.54 Å². The zero-order valence-corrected chi connectivity index (χ0v) is 12.0. The van der Waals surface area contributed by atoms with Crippen molar-refractivity contribution in [1.82, 2.24) is 24.1 Å². The third-order valence-corrected chi connectivity index (χ3v) is 3.15. The molecular weight excluding hydrogens is 260 g/mol. The van der Waals surface area contributed by atoms with Crippen LogP contribution in [0.2, 0.25) is 0 Å². The van der Waals surface area contributed by atoms with Gasteiger partial charge in [-0.25, -0.2) is 9.48 Å². The summed E-state index contributed by atoms with van der Waals surface area (Å²) in [6, 6.07) is 1.41. The molecule has 0 unspecified atom stereocenters. The van der Waals surface area contributed by atoms with Crippen molar-refractivity contribution < 1.29 is 0 Å². The largest absolute Gasteiger partial charge is 0.330 e. The third kappa shape index (κ3) is 2.55. The second-order valence-corrected chi connectivity index (χ2v) is 5.40. The number of rotatable bonds is 3. The molecule has 0 fully saturated rings. The summed E-state index contributed by atoms with van der Waals surface area (Å²) in [4.78, 5) is 23.5. The molecule has 0 spiro atoms. The van der Waals surface area contributed by atoms with E-state index in [1.54, 1.807) is 17.9 Å². The summed E-state index contributed by atoms with van der Waals surface area (Å²) in [5.74, 6) is 0. The van der Waals surface area contributed by atoms with E-state index in [4.69, 9.17) is 5.73 Å². The summed E-state index contributed by atoms with van der Waals surface area (Å²) in [5, 5.41) is 7.96. The Bertz CT molecular complexity index is 747. The minimum Gasteiger partial charge on any atom is -0.320 e. The van der Waals surface area contributed by atoms with Gasteiger partial charge in [-0.15, -0.1) is 5.10 Å². The molecule has 0 radical (unpaired) electrons. The zero-order chi connectivity index (χ0) is 15.1. The van der Waals surface area contributed by atoms with Crippen LogP contribution in [0.3, 0.4) is 0 Å². The van der Waals surface area contributed by atoms with E-state index in [2.05, 4.69) is 10.3 Å². The molecule has 0 aliphatic rings. The molecule has 20 heavy (non-hydrogen) atoms. The van der Waals surface area contributed by atoms with Gasteiger partial charge >= 0.3 is 5.69 Å². The van der Waals surface area contributed by atoms with Crippen molar-refractivity contribution in [3.8, 4) is 0 Å². The molecule has 2 rings (SSSR count). The highest BCUT2D eigenvalue weighted by Gasteiger charge is 2.18. The fraction of sp³-hybridized carbons (Fsp3) is 0.500. The Kier molecular flexibility index (Phi) is 3.34. The quantitative estimate of drug-likeness (QED) is 0.769. The van der Waals surface area contributed by atoms with Crippen LogP contribution in [0.4, 0.5) is 0 Å². The van der Waals surface area contributed by atoms with Crippen molar-refractivity contribution in [2.45, 2.75) is 25.9 Å². The van der Waals surface area contributed by atoms with Gasteiger partial charge in [-0.1, -0.05) is 5.21 Å². The maximum atomic E-state index is 11.8. The molecule has 0 atom stereocenters. The Morgan fingerprint density at radius 1 is 1.25 bits per heavy atom. The normalized spacial score (nSPS) is 11.8. The van der Waals surface area contributed by atoms with Crippen LogP contribution >= 0.6 is 0 Å². The third-order valence-electron chi connectivity index (χ3n) is 3.15. The molecule has 2 heterocycles. The van der Waals surface area contributed by atoms with Crippen LogP contribution < -0.4 is 17.0 Å². The summed E-state index contributed by atoms with van der Waals surface area (Å²) in [7, 11) is 3.06. The highest BCUT2D eigenvalue weighted by atomic mass is 16.2. The van der Waals surface area contributed by atoms with Gasteiger partial charge in [0.1, 0.15) is 5.69 Å². The Morgan fingerprint density at radius 3 is 2.45 bits per heavy atom. The number of hydrogen-bond donors (Lipinski definition) is 1. The molecule has 0 amide bonds. The van der Waals surface area contributed by atoms with Crippen LogP contribution in [-0.2, 0) is 26.2 Å². The first-order valence-corrected chi connectivity index (χ1v) is 6.15. The van der Waals surface area contributed by atoms with Gasteiger partial charge in [0.15, 0.2) is 0 Å². The van der Waals surface area contributed by atoms with Crippen molar-refractivity contribution in [1.29, 1.82) is 0 Å². The number of nitrogens with two attached hydrogens (primary N) is 1. The molecule has 108 valence electrons. The van der Waals surface area contributed by atoms with Gasteiger partial charge in [0.2, 0.25) is 0 Å². The van der Waals surface area contributed by atoms with E-state index in [1.807, 2.05) is 13.8 Å². The van der Waals surface area contributed by atoms with Crippen LogP contribution in [0, 0.1) is 0 Å². The van der Waals surface area contributed by atoms with E-state index in [-0.39, 0.29) is 17.8 Å². The average Bonchev–Trinajstić information content (AvgIpc) is 2.82. The molecule has 0 aromatic carbocycles. The Hall–Kier alpha value is -2.22. The van der Waals surface area contributed by atoms with Crippen molar-refractivity contribution in [2.75, 3.05) is 0 Å². The topological polar surface area (TPSA) is 101 Å². The SMILES string of the molecule is Cn1c(Cn2cc(C(C)(C)N)nn2)cc(=O)n(C)c1=O. The van der Waals surface area contributed by atoms with Gasteiger partial charge in [-0.3, -0.25) is 13.9 Å². The summed E-state index contributed by atoms with van der Waals surface area (Å²) < 4.78 is 4.02. The van der Waals surface area contributed by atoms with Crippen molar-refractivity contribution in [3.63, 3.8) is 0 Å². The summed E-state index contributed by atoms with van der Waals surface area (Å²) in [5.41, 5.74) is 5.84. The van der Waals surface area contributed by atoms with Crippen LogP contribution in [0.15, 0.2) is 21.9 Å². The number of nitrogens with zero attached hydrogens (tertiary/aromatic N) is 5. The van der Waals surface area contributed by atoms with Gasteiger partial charge in [0.05, 0.1) is 18.3 Å². The average molecular weight is 278 g/mol. The molecule has 2 aromatic heterocycles. The van der Waals surface area contributed by atoms with Crippen molar-refractivity contribution >= 4 is 0 Å². The molecular formula is C12H18N6O2. The summed E-state index contributed by atoms with van der Waals surface area (Å²) >= 11 is 0. The Balaban J connectivity index is 2.39. The van der Waals surface area contributed by atoms with Crippen molar-refractivity contribution in [3.05, 3.63) is 44.5 Å². The van der Waals surface area contributed by atoms with Gasteiger partial charge < -0.3 is 5.73 Å². The molecule has 0 saturated heterocycles. The first-order chi connectivity index (χ1) is 9.20. The minimum atomic E-state index is -0.586. The number of hydrogen-bond acceptors (Lipinski definition) is 5. The minimum absolute atomic E-state index is 0.283. The van der Waals surface area contributed by atoms with Crippen LogP contribution in [0.5, 0.6) is 0 Å². The Labute approximate surface area is 115 Å². The predicted octanol–water partition coefficient (Wildman–Crippen LogP) is -1.08. The molecule has 8 heteroatoms. The molecule has 0 aliphatic heterocycles. The van der Waals surface area contributed by atoms with Gasteiger partial charge in [0.25, 0.3) is 5.56 Å². The standard InChI is InChI=1S/C12H18N6O2/c1-12(2,13)9-7-18(15-14-9)6-8-5-10(19)17(4)11(20)16(8)3/h5,7H,6,13H2,1-4H3. The second-order valence-electron chi connectivity index (χ2n) is 5.40. The van der Waals surface area contributed by atoms with Gasteiger partial charge in [-0.2, -0.15) is 0 Å². The summed E-state index contributed by atoms with van der Waals surface area (Å²) in [6.07, 6.45) is 1.71. The van der Waals surface area contributed by atoms with E-state index in [1.165, 1.54) is 17.7 Å². The van der Waals surface area contributed by atoms with E-state index in [9.17, 15) is 9.59 Å². The first-order valence-electron chi connectivity index (χ1n) is 6.15. The Morgan fingerprint density at radius 2 is 1.90 bits per heavy atom. The van der Waals surface area contributed by atoms with Crippen molar-refractivity contribution in [2.24, 2.45) is 19.8 Å². The lowest BCUT2D eigenvalue weighted by molar-refractivity contribution is 0.533. The lowest BCUT2D eigenvalue weighted by atomic mass is 10.0. The molecule has 0 aliphatic carbocycles. The van der Waals surface area contributed by atoms with E-state index in [0.717, 1.165) is 4.57 Å². The van der Waals surface area contributed by atoms with E-state index in [0.29, 0.717) is 11.4 Å². The fourth-order valence-corrected chi connectivity index (χ4v) is 1.77. The monoisotopic (exact) mass is 278 g/mol. The highest BCUT2D eigenvalue weighted by molar-refractivity contribution is 5.08. The van der Waals surface area contributed by atoms with Gasteiger partial charge in [-0.05, 0) is 13.8 Å². The maximum Gasteiger partial charge on any atom is 0.330 e. The van der Waals surface area contributed by atoms with Crippen LogP contribution in [0.1, 0.15) is 25.2 Å². The van der Waals surface area contributed by atoms with Crippen LogP contribution in [-0.4, -0.2) is 24.1 Å². The lowest BCUT2D eigenvalue weighted by Gasteiger charge is -2.13. The first kappa shape index (κ1) is 14.2. The highest BCUT2D eigenvalue weighted by Crippen LogP contribution is 2.12. The molecule has 8 nitrogen and oxygen atoms in total. The smallest absolute Gasteiger partial charge is 0.320 e. The van der Waals surface area contributed by atoms with Gasteiger partial charge in [0, 0.05) is 25.9 Å². The fourth-order valence-electron chi connectivity index (χ4n) is 1.77. The summed E-state index contributed by atoms with van der Waals surface area (Å²) in [6.45, 7) is 3.94. The number of aromatic nitrogens is 5. The maximum absolute atomic E-state index is 11.8.